The van der Waals surface area contributed by atoms with Crippen LogP contribution in [0.1, 0.15) is 38.8 Å². The smallest absolute Gasteiger partial charge is 0.164 e. The lowest BCUT2D eigenvalue weighted by Crippen LogP contribution is -2.43. The van der Waals surface area contributed by atoms with Crippen LogP contribution in [0.2, 0.25) is 0 Å². The van der Waals surface area contributed by atoms with Crippen LogP contribution in [-0.4, -0.2) is 15.0 Å². The summed E-state index contributed by atoms with van der Waals surface area (Å²) in [6.07, 6.45) is 0. The normalized spacial score (nSPS) is 14.4. The van der Waals surface area contributed by atoms with E-state index in [2.05, 4.69) is 107 Å². The second-order valence-corrected chi connectivity index (χ2v) is 14.1. The summed E-state index contributed by atoms with van der Waals surface area (Å²) in [6.45, 7) is 9.49. The number of aromatic nitrogens is 3. The summed E-state index contributed by atoms with van der Waals surface area (Å²) in [6, 6.07) is 48.6. The maximum atomic E-state index is 6.49. The van der Waals surface area contributed by atoms with Gasteiger partial charge in [0.25, 0.3) is 0 Å². The van der Waals surface area contributed by atoms with E-state index in [4.69, 9.17) is 19.4 Å². The van der Waals surface area contributed by atoms with Crippen LogP contribution in [0, 0.1) is 0 Å². The van der Waals surface area contributed by atoms with E-state index < -0.39 is 0 Å². The largest absolute Gasteiger partial charge is 0.456 e. The molecule has 2 heterocycles. The average Bonchev–Trinajstić information content (AvgIpc) is 3.53. The van der Waals surface area contributed by atoms with Gasteiger partial charge in [0.2, 0.25) is 0 Å². The van der Waals surface area contributed by atoms with Gasteiger partial charge in [0.1, 0.15) is 11.2 Å². The van der Waals surface area contributed by atoms with E-state index in [1.165, 1.54) is 27.6 Å². The Labute approximate surface area is 286 Å². The molecule has 4 heteroatoms. The van der Waals surface area contributed by atoms with Crippen LogP contribution in [0.5, 0.6) is 0 Å². The fraction of sp³-hybridized carbons (Fsp3) is 0.133. The molecule has 0 radical (unpaired) electrons. The molecule has 0 bridgehead atoms. The summed E-state index contributed by atoms with van der Waals surface area (Å²) in [5.41, 5.74) is 12.2. The lowest BCUT2D eigenvalue weighted by atomic mass is 9.55. The maximum absolute atomic E-state index is 6.49. The minimum atomic E-state index is -0.0717. The first kappa shape index (κ1) is 29.3. The molecule has 1 aliphatic rings. The molecule has 0 aliphatic heterocycles. The molecule has 2 aromatic heterocycles. The van der Waals surface area contributed by atoms with Crippen LogP contribution in [0.4, 0.5) is 0 Å². The van der Waals surface area contributed by atoms with Crippen LogP contribution in [-0.2, 0) is 10.8 Å². The van der Waals surface area contributed by atoms with E-state index in [0.29, 0.717) is 17.5 Å². The second kappa shape index (κ2) is 10.8. The van der Waals surface area contributed by atoms with Gasteiger partial charge in [0.05, 0.1) is 0 Å². The molecule has 9 rings (SSSR count). The number of fused-ring (bicyclic) bond motifs is 7. The monoisotopic (exact) mass is 633 g/mol. The highest BCUT2D eigenvalue weighted by Gasteiger charge is 2.46. The molecule has 1 aliphatic carbocycles. The molecule has 0 amide bonds. The highest BCUT2D eigenvalue weighted by Crippen LogP contribution is 2.56. The summed E-state index contributed by atoms with van der Waals surface area (Å²) in [7, 11) is 0. The van der Waals surface area contributed by atoms with Gasteiger partial charge >= 0.3 is 0 Å². The van der Waals surface area contributed by atoms with Crippen molar-refractivity contribution in [3.8, 4) is 56.4 Å². The van der Waals surface area contributed by atoms with Crippen LogP contribution < -0.4 is 0 Å². The molecule has 0 spiro atoms. The number of benzene rings is 6. The van der Waals surface area contributed by atoms with Gasteiger partial charge in [-0.15, -0.1) is 0 Å². The summed E-state index contributed by atoms with van der Waals surface area (Å²) in [5, 5.41) is 2.32. The molecule has 0 saturated carbocycles. The first-order valence-corrected chi connectivity index (χ1v) is 16.9. The van der Waals surface area contributed by atoms with E-state index in [1.807, 2.05) is 60.7 Å². The third kappa shape index (κ3) is 4.55. The lowest BCUT2D eigenvalue weighted by molar-refractivity contribution is 0.299. The number of nitrogens with zero attached hydrogens (tertiary/aromatic N) is 3. The predicted molar refractivity (Wildman–Crippen MR) is 200 cm³/mol. The molecular formula is C45H35N3O. The predicted octanol–water partition coefficient (Wildman–Crippen LogP) is 11.7. The lowest BCUT2D eigenvalue weighted by Gasteiger charge is -2.48. The average molecular weight is 634 g/mol. The highest BCUT2D eigenvalue weighted by molar-refractivity contribution is 6.15. The van der Waals surface area contributed by atoms with Crippen molar-refractivity contribution < 1.29 is 4.42 Å². The topological polar surface area (TPSA) is 51.8 Å². The molecule has 49 heavy (non-hydrogen) atoms. The van der Waals surface area contributed by atoms with Crippen molar-refractivity contribution in [2.75, 3.05) is 0 Å². The Kier molecular flexibility index (Phi) is 6.47. The van der Waals surface area contributed by atoms with E-state index in [9.17, 15) is 0 Å². The van der Waals surface area contributed by atoms with E-state index in [-0.39, 0.29) is 10.8 Å². The highest BCUT2D eigenvalue weighted by atomic mass is 16.3. The third-order valence-electron chi connectivity index (χ3n) is 10.9. The summed E-state index contributed by atoms with van der Waals surface area (Å²) in [5.74, 6) is 1.95. The van der Waals surface area contributed by atoms with Crippen molar-refractivity contribution >= 4 is 21.9 Å². The molecule has 6 aromatic carbocycles. The first-order chi connectivity index (χ1) is 23.8. The van der Waals surface area contributed by atoms with Gasteiger partial charge in [-0.3, -0.25) is 0 Å². The number of rotatable bonds is 4. The maximum Gasteiger partial charge on any atom is 0.164 e. The van der Waals surface area contributed by atoms with E-state index in [0.717, 1.165) is 44.4 Å². The summed E-state index contributed by atoms with van der Waals surface area (Å²) < 4.78 is 6.49. The third-order valence-corrected chi connectivity index (χ3v) is 10.9. The fourth-order valence-corrected chi connectivity index (χ4v) is 7.52. The van der Waals surface area contributed by atoms with Crippen molar-refractivity contribution in [1.82, 2.24) is 15.0 Å². The Bertz CT molecular complexity index is 2470. The summed E-state index contributed by atoms with van der Waals surface area (Å²) >= 11 is 0. The molecular weight excluding hydrogens is 599 g/mol. The Morgan fingerprint density at radius 3 is 1.55 bits per heavy atom. The van der Waals surface area contributed by atoms with E-state index in [1.54, 1.807) is 0 Å². The number of furan rings is 1. The van der Waals surface area contributed by atoms with Gasteiger partial charge in [-0.1, -0.05) is 149 Å². The molecule has 8 aromatic rings. The molecule has 0 atom stereocenters. The van der Waals surface area contributed by atoms with Gasteiger partial charge in [-0.25, -0.2) is 15.0 Å². The molecule has 0 saturated heterocycles. The quantitative estimate of drug-likeness (QED) is 0.193. The van der Waals surface area contributed by atoms with Crippen LogP contribution in [0.25, 0.3) is 78.4 Å². The van der Waals surface area contributed by atoms with Crippen molar-refractivity contribution in [3.63, 3.8) is 0 Å². The summed E-state index contributed by atoms with van der Waals surface area (Å²) in [4.78, 5) is 14.7. The van der Waals surface area contributed by atoms with Crippen molar-refractivity contribution in [2.45, 2.75) is 38.5 Å². The Morgan fingerprint density at radius 2 is 0.918 bits per heavy atom. The second-order valence-electron chi connectivity index (χ2n) is 14.1. The van der Waals surface area contributed by atoms with Crippen molar-refractivity contribution in [2.24, 2.45) is 0 Å². The van der Waals surface area contributed by atoms with Gasteiger partial charge < -0.3 is 4.42 Å². The van der Waals surface area contributed by atoms with Gasteiger partial charge in [-0.2, -0.15) is 0 Å². The Balaban J connectivity index is 1.16. The van der Waals surface area contributed by atoms with Crippen molar-refractivity contribution in [3.05, 3.63) is 151 Å². The molecule has 4 nitrogen and oxygen atoms in total. The number of hydrogen-bond donors (Lipinski definition) is 0. The number of hydrogen-bond acceptors (Lipinski definition) is 4. The molecule has 0 fully saturated rings. The Hall–Kier alpha value is -5.87. The zero-order valence-electron chi connectivity index (χ0n) is 28.0. The Morgan fingerprint density at radius 1 is 0.429 bits per heavy atom. The van der Waals surface area contributed by atoms with Crippen LogP contribution >= 0.6 is 0 Å². The fourth-order valence-electron chi connectivity index (χ4n) is 7.52. The van der Waals surface area contributed by atoms with Crippen LogP contribution in [0.15, 0.2) is 144 Å². The van der Waals surface area contributed by atoms with Crippen LogP contribution in [0.3, 0.4) is 0 Å². The first-order valence-electron chi connectivity index (χ1n) is 16.9. The van der Waals surface area contributed by atoms with Gasteiger partial charge in [-0.05, 0) is 62.4 Å². The standard InChI is InChI=1S/C45H35N3O/c1-44(2)35-18-12-11-17-33(35)39-36(45(44,3)4)24-26-38-40(39)34-27-32(23-25-37(34)49-38)28-19-21-31(22-20-28)43-47-41(29-13-7-5-8-14-29)46-42(48-43)30-15-9-6-10-16-30/h5-27H,1-4H3. The SMILES string of the molecule is CC1(C)c2ccccc2-c2c(ccc3oc4ccc(-c5ccc(-c6nc(-c7ccccc7)nc(-c7ccccc7)n6)cc5)cc4c23)C1(C)C. The minimum absolute atomic E-state index is 0.0288. The molecule has 0 unspecified atom stereocenters. The van der Waals surface area contributed by atoms with Gasteiger partial charge in [0.15, 0.2) is 17.5 Å². The van der Waals surface area contributed by atoms with Gasteiger partial charge in [0, 0.05) is 27.5 Å². The molecule has 0 N–H and O–H groups in total. The zero-order chi connectivity index (χ0) is 33.3. The zero-order valence-corrected chi connectivity index (χ0v) is 28.0. The molecule has 236 valence electrons. The minimum Gasteiger partial charge on any atom is -0.456 e. The van der Waals surface area contributed by atoms with E-state index >= 15 is 0 Å². The van der Waals surface area contributed by atoms with Crippen molar-refractivity contribution in [1.29, 1.82) is 0 Å².